The second-order valence-electron chi connectivity index (χ2n) is 4.44. The second kappa shape index (κ2) is 6.26. The van der Waals surface area contributed by atoms with Gasteiger partial charge in [0.05, 0.1) is 13.2 Å². The third-order valence-corrected chi connectivity index (χ3v) is 3.84. The van der Waals surface area contributed by atoms with Crippen LogP contribution in [0.3, 0.4) is 0 Å². The number of hydrogen-bond acceptors (Lipinski definition) is 3. The minimum Gasteiger partial charge on any atom is -0.481 e. The zero-order valence-electron chi connectivity index (χ0n) is 11.9. The third-order valence-electron chi connectivity index (χ3n) is 3.15. The smallest absolute Gasteiger partial charge is 0.271 e. The molecule has 2 rings (SSSR count). The third kappa shape index (κ3) is 3.07. The number of ether oxygens (including phenoxy) is 1. The summed E-state index contributed by atoms with van der Waals surface area (Å²) in [5, 5.41) is 6.77. The number of methoxy groups -OCH3 is 1. The summed E-state index contributed by atoms with van der Waals surface area (Å²) >= 11 is 3.34. The molecule has 2 aromatic rings. The fraction of sp³-hybridized carbons (Fsp3) is 0.286. The van der Waals surface area contributed by atoms with Gasteiger partial charge in [-0.1, -0.05) is 22.0 Å². The van der Waals surface area contributed by atoms with E-state index in [9.17, 15) is 9.18 Å². The number of carbonyl (C=O) groups is 1. The molecule has 112 valence electrons. The highest BCUT2D eigenvalue weighted by atomic mass is 79.9. The molecule has 0 aliphatic carbocycles. The number of aromatic nitrogens is 2. The van der Waals surface area contributed by atoms with Crippen LogP contribution in [0.25, 0.3) is 0 Å². The van der Waals surface area contributed by atoms with Gasteiger partial charge in [0.15, 0.2) is 5.69 Å². The first-order valence-corrected chi connectivity index (χ1v) is 7.07. The van der Waals surface area contributed by atoms with Gasteiger partial charge in [-0.15, -0.1) is 0 Å². The summed E-state index contributed by atoms with van der Waals surface area (Å²) < 4.78 is 20.7. The Morgan fingerprint density at radius 2 is 2.19 bits per heavy atom. The van der Waals surface area contributed by atoms with Crippen molar-refractivity contribution < 1.29 is 13.9 Å². The maximum atomic E-state index is 13.2. The number of rotatable bonds is 4. The van der Waals surface area contributed by atoms with Gasteiger partial charge in [-0.3, -0.25) is 4.79 Å². The van der Waals surface area contributed by atoms with Gasteiger partial charge in [0.2, 0.25) is 5.88 Å². The first-order valence-electron chi connectivity index (χ1n) is 6.28. The topological polar surface area (TPSA) is 56.1 Å². The molecular formula is C14H15BrFN3O2. The van der Waals surface area contributed by atoms with Crippen LogP contribution in [-0.4, -0.2) is 29.8 Å². The van der Waals surface area contributed by atoms with E-state index in [2.05, 4.69) is 26.3 Å². The molecule has 5 nitrogen and oxygen atoms in total. The lowest BCUT2D eigenvalue weighted by Crippen LogP contribution is -2.19. The Labute approximate surface area is 130 Å². The van der Waals surface area contributed by atoms with Crippen molar-refractivity contribution in [3.05, 3.63) is 45.8 Å². The minimum absolute atomic E-state index is 0.228. The van der Waals surface area contributed by atoms with Crippen molar-refractivity contribution in [2.45, 2.75) is 13.0 Å². The molecule has 0 aliphatic heterocycles. The van der Waals surface area contributed by atoms with Gasteiger partial charge in [0, 0.05) is 17.6 Å². The fourth-order valence-electron chi connectivity index (χ4n) is 2.02. The summed E-state index contributed by atoms with van der Waals surface area (Å²) in [5.74, 6) is -0.161. The molecule has 1 amide bonds. The minimum atomic E-state index is -0.323. The van der Waals surface area contributed by atoms with Gasteiger partial charge < -0.3 is 10.1 Å². The van der Waals surface area contributed by atoms with E-state index in [1.807, 2.05) is 6.92 Å². The quantitative estimate of drug-likeness (QED) is 0.917. The molecule has 21 heavy (non-hydrogen) atoms. The molecule has 1 heterocycles. The van der Waals surface area contributed by atoms with Crippen LogP contribution in [0.15, 0.2) is 28.7 Å². The molecule has 1 aromatic carbocycles. The lowest BCUT2D eigenvalue weighted by atomic mass is 10.1. The molecule has 0 fully saturated rings. The highest BCUT2D eigenvalue weighted by Crippen LogP contribution is 2.30. The van der Waals surface area contributed by atoms with Gasteiger partial charge in [0.1, 0.15) is 5.82 Å². The molecule has 0 spiro atoms. The molecule has 1 aromatic heterocycles. The van der Waals surface area contributed by atoms with Crippen molar-refractivity contribution in [1.82, 2.24) is 15.1 Å². The summed E-state index contributed by atoms with van der Waals surface area (Å²) in [4.78, 5) is 11.7. The lowest BCUT2D eigenvalue weighted by Gasteiger charge is -2.16. The van der Waals surface area contributed by atoms with E-state index in [1.54, 1.807) is 16.8 Å². The molecule has 7 heteroatoms. The summed E-state index contributed by atoms with van der Waals surface area (Å²) in [6.45, 7) is 1.89. The Bertz CT molecular complexity index is 672. The van der Waals surface area contributed by atoms with Crippen molar-refractivity contribution in [2.24, 2.45) is 0 Å². The average Bonchev–Trinajstić information content (AvgIpc) is 2.90. The molecule has 0 saturated heterocycles. The maximum absolute atomic E-state index is 13.2. The predicted octanol–water partition coefficient (Wildman–Crippen LogP) is 2.76. The lowest BCUT2D eigenvalue weighted by molar-refractivity contribution is 0.0957. The van der Waals surface area contributed by atoms with Crippen molar-refractivity contribution in [3.63, 3.8) is 0 Å². The molecule has 1 atom stereocenters. The zero-order chi connectivity index (χ0) is 15.6. The van der Waals surface area contributed by atoms with Crippen molar-refractivity contribution in [3.8, 4) is 5.88 Å². The van der Waals surface area contributed by atoms with Crippen LogP contribution in [0.4, 0.5) is 4.39 Å². The summed E-state index contributed by atoms with van der Waals surface area (Å²) in [6, 6.07) is 5.78. The highest BCUT2D eigenvalue weighted by molar-refractivity contribution is 9.10. The van der Waals surface area contributed by atoms with Gasteiger partial charge >= 0.3 is 0 Å². The van der Waals surface area contributed by atoms with Crippen LogP contribution in [0.2, 0.25) is 0 Å². The van der Waals surface area contributed by atoms with E-state index < -0.39 is 0 Å². The standard InChI is InChI=1S/C14H15BrFN3O2/c1-8(10-5-4-9(16)6-11(10)15)19-13(21-3)7-12(18-19)14(20)17-2/h4-8H,1-3H3,(H,17,20). The maximum Gasteiger partial charge on any atom is 0.271 e. The molecule has 0 saturated carbocycles. The van der Waals surface area contributed by atoms with Gasteiger partial charge in [-0.05, 0) is 24.6 Å². The van der Waals surface area contributed by atoms with Gasteiger partial charge in [-0.2, -0.15) is 5.10 Å². The Kier molecular flexibility index (Phi) is 4.62. The number of hydrogen-bond donors (Lipinski definition) is 1. The molecule has 1 unspecified atom stereocenters. The van der Waals surface area contributed by atoms with Crippen molar-refractivity contribution in [2.75, 3.05) is 14.2 Å². The van der Waals surface area contributed by atoms with E-state index in [0.29, 0.717) is 10.4 Å². The van der Waals surface area contributed by atoms with Crippen molar-refractivity contribution in [1.29, 1.82) is 0 Å². The molecular weight excluding hydrogens is 341 g/mol. The molecule has 0 bridgehead atoms. The Morgan fingerprint density at radius 3 is 2.76 bits per heavy atom. The monoisotopic (exact) mass is 355 g/mol. The summed E-state index contributed by atoms with van der Waals surface area (Å²) in [5.41, 5.74) is 1.10. The van der Waals surface area contributed by atoms with Crippen LogP contribution in [-0.2, 0) is 0 Å². The van der Waals surface area contributed by atoms with Crippen LogP contribution in [0.5, 0.6) is 5.88 Å². The number of benzene rings is 1. The van der Waals surface area contributed by atoms with E-state index >= 15 is 0 Å². The number of nitrogens with zero attached hydrogens (tertiary/aromatic N) is 2. The SMILES string of the molecule is CNC(=O)c1cc(OC)n(C(C)c2ccc(F)cc2Br)n1. The zero-order valence-corrected chi connectivity index (χ0v) is 13.4. The van der Waals surface area contributed by atoms with E-state index in [4.69, 9.17) is 4.74 Å². The largest absolute Gasteiger partial charge is 0.481 e. The van der Waals surface area contributed by atoms with Crippen LogP contribution in [0.1, 0.15) is 29.0 Å². The first-order chi connectivity index (χ1) is 9.97. The van der Waals surface area contributed by atoms with E-state index in [-0.39, 0.29) is 23.5 Å². The summed E-state index contributed by atoms with van der Waals surface area (Å²) in [7, 11) is 3.04. The second-order valence-corrected chi connectivity index (χ2v) is 5.29. The van der Waals surface area contributed by atoms with Gasteiger partial charge in [0.25, 0.3) is 5.91 Å². The fourth-order valence-corrected chi connectivity index (χ4v) is 2.70. The molecule has 0 aliphatic rings. The van der Waals surface area contributed by atoms with Crippen LogP contribution >= 0.6 is 15.9 Å². The Hall–Kier alpha value is -1.89. The van der Waals surface area contributed by atoms with E-state index in [0.717, 1.165) is 5.56 Å². The molecule has 0 radical (unpaired) electrons. The van der Waals surface area contributed by atoms with Crippen LogP contribution < -0.4 is 10.1 Å². The number of halogens is 2. The number of nitrogens with one attached hydrogen (secondary N) is 1. The van der Waals surface area contributed by atoms with Crippen LogP contribution in [0, 0.1) is 5.82 Å². The van der Waals surface area contributed by atoms with Gasteiger partial charge in [-0.25, -0.2) is 9.07 Å². The predicted molar refractivity (Wildman–Crippen MR) is 80.1 cm³/mol. The van der Waals surface area contributed by atoms with Crippen molar-refractivity contribution >= 4 is 21.8 Å². The number of carbonyl (C=O) groups excluding carboxylic acids is 1. The normalized spacial score (nSPS) is 12.0. The Morgan fingerprint density at radius 1 is 1.48 bits per heavy atom. The highest BCUT2D eigenvalue weighted by Gasteiger charge is 2.20. The molecule has 1 N–H and O–H groups in total. The number of amides is 1. The van der Waals surface area contributed by atoms with E-state index in [1.165, 1.54) is 26.3 Å². The summed E-state index contributed by atoms with van der Waals surface area (Å²) in [6.07, 6.45) is 0. The average molecular weight is 356 g/mol. The first kappa shape index (κ1) is 15.5. The Balaban J connectivity index is 2.44.